The van der Waals surface area contributed by atoms with Crippen molar-refractivity contribution in [1.29, 1.82) is 5.26 Å². The molecule has 0 atom stereocenters. The molecule has 2 N–H and O–H groups in total. The number of rotatable bonds is 7. The zero-order valence-corrected chi connectivity index (χ0v) is 15.5. The fourth-order valence-electron chi connectivity index (χ4n) is 2.69. The fourth-order valence-corrected chi connectivity index (χ4v) is 2.69. The number of nitriles is 1. The normalized spacial score (nSPS) is 10.3. The number of aromatic amines is 1. The van der Waals surface area contributed by atoms with Crippen molar-refractivity contribution >= 4 is 28.5 Å². The average Bonchev–Trinajstić information content (AvgIpc) is 2.72. The molecule has 0 radical (unpaired) electrons. The fraction of sp³-hybridized carbons (Fsp3) is 0.190. The third kappa shape index (κ3) is 5.49. The van der Waals surface area contributed by atoms with Crippen LogP contribution in [-0.2, 0) is 27.2 Å². The molecule has 8 heteroatoms. The van der Waals surface area contributed by atoms with Gasteiger partial charge in [0.1, 0.15) is 5.82 Å². The van der Waals surface area contributed by atoms with Crippen LogP contribution in [0.15, 0.2) is 53.3 Å². The van der Waals surface area contributed by atoms with E-state index in [4.69, 9.17) is 10.00 Å². The summed E-state index contributed by atoms with van der Waals surface area (Å²) in [5.74, 6) is -0.656. The highest BCUT2D eigenvalue weighted by Crippen LogP contribution is 2.10. The summed E-state index contributed by atoms with van der Waals surface area (Å²) in [5.41, 5.74) is 1.68. The highest BCUT2D eigenvalue weighted by molar-refractivity contribution is 5.92. The van der Waals surface area contributed by atoms with Crippen LogP contribution >= 0.6 is 0 Å². The first kappa shape index (κ1) is 19.8. The van der Waals surface area contributed by atoms with E-state index in [0.717, 1.165) is 5.56 Å². The van der Waals surface area contributed by atoms with Crippen LogP contribution in [0, 0.1) is 11.3 Å². The maximum absolute atomic E-state index is 12.0. The second kappa shape index (κ2) is 9.28. The summed E-state index contributed by atoms with van der Waals surface area (Å²) < 4.78 is 4.96. The number of aromatic nitrogens is 2. The van der Waals surface area contributed by atoms with Crippen molar-refractivity contribution in [3.8, 4) is 6.07 Å². The number of nitrogens with zero attached hydrogens (tertiary/aromatic N) is 2. The summed E-state index contributed by atoms with van der Waals surface area (Å²) in [6.45, 7) is -0.416. The number of ether oxygens (including phenoxy) is 1. The Morgan fingerprint density at radius 2 is 1.90 bits per heavy atom. The molecule has 29 heavy (non-hydrogen) atoms. The van der Waals surface area contributed by atoms with Gasteiger partial charge in [-0.3, -0.25) is 14.4 Å². The minimum Gasteiger partial charge on any atom is -0.456 e. The van der Waals surface area contributed by atoms with E-state index in [1.54, 1.807) is 48.5 Å². The van der Waals surface area contributed by atoms with Crippen molar-refractivity contribution in [2.75, 3.05) is 11.9 Å². The number of para-hydroxylation sites is 1. The highest BCUT2D eigenvalue weighted by Gasteiger charge is 2.10. The Hall–Kier alpha value is -3.99. The second-order valence-electron chi connectivity index (χ2n) is 6.27. The lowest BCUT2D eigenvalue weighted by atomic mass is 10.1. The maximum atomic E-state index is 12.0. The molecule has 0 spiro atoms. The van der Waals surface area contributed by atoms with E-state index in [2.05, 4.69) is 15.3 Å². The number of aryl methyl sites for hydroxylation is 1. The molecule has 3 aromatic rings. The molecule has 0 aliphatic rings. The van der Waals surface area contributed by atoms with Crippen molar-refractivity contribution in [1.82, 2.24) is 9.97 Å². The number of amides is 1. The number of esters is 1. The van der Waals surface area contributed by atoms with Gasteiger partial charge in [-0.1, -0.05) is 24.3 Å². The molecule has 0 bridgehead atoms. The van der Waals surface area contributed by atoms with Crippen LogP contribution in [0.25, 0.3) is 10.9 Å². The molecule has 1 heterocycles. The number of benzene rings is 2. The van der Waals surface area contributed by atoms with Crippen LogP contribution in [0.3, 0.4) is 0 Å². The largest absolute Gasteiger partial charge is 0.456 e. The van der Waals surface area contributed by atoms with Crippen LogP contribution in [0.4, 0.5) is 5.69 Å². The number of hydrogen-bond acceptors (Lipinski definition) is 6. The number of H-pyrrole nitrogens is 1. The van der Waals surface area contributed by atoms with Crippen LogP contribution in [0.1, 0.15) is 17.8 Å². The molecule has 1 aromatic heterocycles. The van der Waals surface area contributed by atoms with Crippen molar-refractivity contribution in [3.05, 3.63) is 70.3 Å². The Morgan fingerprint density at radius 1 is 1.14 bits per heavy atom. The molecule has 0 aliphatic heterocycles. The van der Waals surface area contributed by atoms with Crippen LogP contribution < -0.4 is 10.9 Å². The summed E-state index contributed by atoms with van der Waals surface area (Å²) in [6.07, 6.45) is 0.474. The summed E-state index contributed by atoms with van der Waals surface area (Å²) in [6, 6.07) is 15.8. The lowest BCUT2D eigenvalue weighted by Gasteiger charge is -2.07. The zero-order chi connectivity index (χ0) is 20.6. The van der Waals surface area contributed by atoms with Gasteiger partial charge in [-0.2, -0.15) is 5.26 Å². The third-order valence-electron chi connectivity index (χ3n) is 4.11. The maximum Gasteiger partial charge on any atom is 0.306 e. The molecule has 0 saturated carbocycles. The lowest BCUT2D eigenvalue weighted by Crippen LogP contribution is -2.21. The first-order chi connectivity index (χ1) is 14.0. The van der Waals surface area contributed by atoms with E-state index < -0.39 is 18.5 Å². The molecule has 3 rings (SSSR count). The molecule has 8 nitrogen and oxygen atoms in total. The smallest absolute Gasteiger partial charge is 0.306 e. The molecule has 0 unspecified atom stereocenters. The molecule has 0 aliphatic carbocycles. The van der Waals surface area contributed by atoms with E-state index in [-0.39, 0.29) is 18.4 Å². The second-order valence-corrected chi connectivity index (χ2v) is 6.27. The minimum atomic E-state index is -0.569. The Morgan fingerprint density at radius 3 is 2.66 bits per heavy atom. The number of fused-ring (bicyclic) bond motifs is 1. The van der Waals surface area contributed by atoms with Gasteiger partial charge in [0.2, 0.25) is 0 Å². The molecule has 1 amide bonds. The molecule has 0 fully saturated rings. The lowest BCUT2D eigenvalue weighted by molar-refractivity contribution is -0.147. The van der Waals surface area contributed by atoms with E-state index in [1.807, 2.05) is 6.07 Å². The summed E-state index contributed by atoms with van der Waals surface area (Å²) in [7, 11) is 0. The molecular formula is C21H18N4O4. The monoisotopic (exact) mass is 390 g/mol. The van der Waals surface area contributed by atoms with E-state index >= 15 is 0 Å². The molecule has 2 aromatic carbocycles. The van der Waals surface area contributed by atoms with Gasteiger partial charge in [0.15, 0.2) is 6.61 Å². The van der Waals surface area contributed by atoms with Crippen LogP contribution in [0.2, 0.25) is 0 Å². The average molecular weight is 390 g/mol. The number of carbonyl (C=O) groups is 2. The first-order valence-electron chi connectivity index (χ1n) is 8.94. The molecule has 0 saturated heterocycles. The Balaban J connectivity index is 1.46. The molecular weight excluding hydrogens is 372 g/mol. The predicted molar refractivity (Wildman–Crippen MR) is 106 cm³/mol. The van der Waals surface area contributed by atoms with Crippen LogP contribution in [-0.4, -0.2) is 28.5 Å². The van der Waals surface area contributed by atoms with Gasteiger partial charge < -0.3 is 15.0 Å². The Labute approximate surface area is 166 Å². The summed E-state index contributed by atoms with van der Waals surface area (Å²) in [4.78, 5) is 42.7. The quantitative estimate of drug-likeness (QED) is 0.595. The zero-order valence-electron chi connectivity index (χ0n) is 15.5. The SMILES string of the molecule is N#CCc1ccc(NC(=O)COC(=O)CCc2nc3ccccc3c(=O)[nH]2)cc1. The van der Waals surface area contributed by atoms with Gasteiger partial charge in [-0.05, 0) is 29.8 Å². The molecule has 146 valence electrons. The van der Waals surface area contributed by atoms with Crippen molar-refractivity contribution in [3.63, 3.8) is 0 Å². The van der Waals surface area contributed by atoms with Gasteiger partial charge in [-0.25, -0.2) is 4.98 Å². The first-order valence-corrected chi connectivity index (χ1v) is 8.94. The van der Waals surface area contributed by atoms with Crippen LogP contribution in [0.5, 0.6) is 0 Å². The van der Waals surface area contributed by atoms with Gasteiger partial charge in [0, 0.05) is 12.1 Å². The highest BCUT2D eigenvalue weighted by atomic mass is 16.5. The van der Waals surface area contributed by atoms with Crippen molar-refractivity contribution in [2.24, 2.45) is 0 Å². The predicted octanol–water partition coefficient (Wildman–Crippen LogP) is 2.10. The van der Waals surface area contributed by atoms with Gasteiger partial charge in [-0.15, -0.1) is 0 Å². The minimum absolute atomic E-state index is 0.0165. The Bertz CT molecular complexity index is 1130. The number of hydrogen-bond donors (Lipinski definition) is 2. The number of carbonyl (C=O) groups excluding carboxylic acids is 2. The number of nitrogens with one attached hydrogen (secondary N) is 2. The summed E-state index contributed by atoms with van der Waals surface area (Å²) >= 11 is 0. The van der Waals surface area contributed by atoms with Crippen molar-refractivity contribution in [2.45, 2.75) is 19.3 Å². The van der Waals surface area contributed by atoms with Gasteiger partial charge in [0.25, 0.3) is 11.5 Å². The third-order valence-corrected chi connectivity index (χ3v) is 4.11. The van der Waals surface area contributed by atoms with E-state index in [0.29, 0.717) is 28.8 Å². The summed E-state index contributed by atoms with van der Waals surface area (Å²) in [5, 5.41) is 11.7. The topological polar surface area (TPSA) is 125 Å². The Kier molecular flexibility index (Phi) is 6.32. The van der Waals surface area contributed by atoms with Crippen molar-refractivity contribution < 1.29 is 14.3 Å². The standard InChI is InChI=1S/C21H18N4O4/c22-12-11-14-5-7-15(8-6-14)23-19(26)13-29-20(27)10-9-18-24-17-4-2-1-3-16(17)21(28)25-18/h1-8H,9-11,13H2,(H,23,26)(H,24,25,28). The van der Waals surface area contributed by atoms with Gasteiger partial charge in [0.05, 0.1) is 29.8 Å². The van der Waals surface area contributed by atoms with E-state index in [9.17, 15) is 14.4 Å². The van der Waals surface area contributed by atoms with E-state index in [1.165, 1.54) is 0 Å². The van der Waals surface area contributed by atoms with Gasteiger partial charge >= 0.3 is 5.97 Å². The number of anilines is 1.